The Morgan fingerprint density at radius 1 is 1.12 bits per heavy atom. The molecule has 2 aliphatic heterocycles. The second kappa shape index (κ2) is 13.1. The lowest BCUT2D eigenvalue weighted by molar-refractivity contribution is -0.140. The van der Waals surface area contributed by atoms with E-state index in [0.29, 0.717) is 47.2 Å². The first-order valence-electron chi connectivity index (χ1n) is 17.2. The van der Waals surface area contributed by atoms with Gasteiger partial charge in [-0.25, -0.2) is 13.4 Å². The molecule has 0 unspecified atom stereocenters. The third-order valence-corrected chi connectivity index (χ3v) is 12.7. The molecule has 13 nitrogen and oxygen atoms in total. The summed E-state index contributed by atoms with van der Waals surface area (Å²) in [4.78, 5) is 54.5. The van der Waals surface area contributed by atoms with Crippen molar-refractivity contribution in [2.45, 2.75) is 94.6 Å². The number of methoxy groups -OCH3 is 1. The predicted molar refractivity (Wildman–Crippen MR) is 185 cm³/mol. The number of aromatic nitrogens is 2. The number of nitrogens with zero attached hydrogens (tertiary/aromatic N) is 4. The minimum atomic E-state index is -3.93. The van der Waals surface area contributed by atoms with Crippen molar-refractivity contribution in [3.63, 3.8) is 0 Å². The number of allylic oxidation sites excluding steroid dienone is 1. The maximum Gasteiger partial charge on any atom is 0.259 e. The Bertz CT molecular complexity index is 1780. The third kappa shape index (κ3) is 7.06. The molecule has 3 heterocycles. The highest BCUT2D eigenvalue weighted by molar-refractivity contribution is 7.91. The summed E-state index contributed by atoms with van der Waals surface area (Å²) in [6.07, 6.45) is 7.55. The molecule has 1 aromatic heterocycles. The summed E-state index contributed by atoms with van der Waals surface area (Å²) < 4.78 is 39.3. The first kappa shape index (κ1) is 34.9. The summed E-state index contributed by atoms with van der Waals surface area (Å²) in [5.74, 6) is 0.0605. The lowest BCUT2D eigenvalue weighted by Gasteiger charge is -2.28. The number of anilines is 1. The Kier molecular flexibility index (Phi) is 9.31. The van der Waals surface area contributed by atoms with Crippen LogP contribution in [0.1, 0.15) is 72.1 Å². The van der Waals surface area contributed by atoms with Gasteiger partial charge in [-0.3, -0.25) is 19.1 Å². The minimum absolute atomic E-state index is 0.100. The van der Waals surface area contributed by atoms with Gasteiger partial charge in [0.1, 0.15) is 23.4 Å². The van der Waals surface area contributed by atoms with E-state index in [2.05, 4.69) is 33.9 Å². The number of rotatable bonds is 7. The molecule has 49 heavy (non-hydrogen) atoms. The lowest BCUT2D eigenvalue weighted by Crippen LogP contribution is -2.57. The van der Waals surface area contributed by atoms with Crippen LogP contribution in [-0.4, -0.2) is 91.2 Å². The molecular weight excluding hydrogens is 648 g/mol. The van der Waals surface area contributed by atoms with E-state index in [4.69, 9.17) is 9.47 Å². The molecule has 266 valence electrons. The topological polar surface area (TPSA) is 160 Å². The average molecular weight is 697 g/mol. The summed E-state index contributed by atoms with van der Waals surface area (Å²) in [5.41, 5.74) is -0.810. The largest absolute Gasteiger partial charge is 0.497 e. The number of sulfonamides is 1. The van der Waals surface area contributed by atoms with Gasteiger partial charge in [0, 0.05) is 38.9 Å². The van der Waals surface area contributed by atoms with Crippen LogP contribution in [0.5, 0.6) is 11.6 Å². The minimum Gasteiger partial charge on any atom is -0.497 e. The van der Waals surface area contributed by atoms with Crippen LogP contribution in [0.25, 0.3) is 10.9 Å². The van der Waals surface area contributed by atoms with Crippen LogP contribution in [0.4, 0.5) is 5.95 Å². The number of ether oxygens (including phenoxy) is 2. The van der Waals surface area contributed by atoms with Crippen LogP contribution in [0.15, 0.2) is 30.4 Å². The maximum absolute atomic E-state index is 14.2. The number of carbonyl (C=O) groups is 3. The molecule has 1 saturated heterocycles. The summed E-state index contributed by atoms with van der Waals surface area (Å²) in [7, 11) is 1.30. The molecule has 2 saturated carbocycles. The maximum atomic E-state index is 14.2. The van der Waals surface area contributed by atoms with E-state index in [-0.39, 0.29) is 43.6 Å². The fourth-order valence-electron chi connectivity index (χ4n) is 7.06. The molecule has 1 aromatic carbocycles. The molecule has 6 atom stereocenters. The highest BCUT2D eigenvalue weighted by atomic mass is 32.2. The predicted octanol–water partition coefficient (Wildman–Crippen LogP) is 3.33. The molecule has 3 fully saturated rings. The normalized spacial score (nSPS) is 30.6. The van der Waals surface area contributed by atoms with Gasteiger partial charge in [-0.05, 0) is 69.4 Å². The summed E-state index contributed by atoms with van der Waals surface area (Å²) in [5, 5.41) is 3.59. The molecule has 3 amide bonds. The number of nitrogens with one attached hydrogen (secondary N) is 2. The van der Waals surface area contributed by atoms with Gasteiger partial charge in [0.2, 0.25) is 33.7 Å². The molecular formula is C35H48N6O7S. The zero-order valence-electron chi connectivity index (χ0n) is 29.2. The van der Waals surface area contributed by atoms with Gasteiger partial charge < -0.3 is 24.6 Å². The Morgan fingerprint density at radius 3 is 2.57 bits per heavy atom. The quantitative estimate of drug-likeness (QED) is 0.411. The monoisotopic (exact) mass is 696 g/mol. The molecule has 14 heteroatoms. The summed E-state index contributed by atoms with van der Waals surface area (Å²) in [6.45, 7) is 5.99. The van der Waals surface area contributed by atoms with Crippen molar-refractivity contribution in [2.75, 3.05) is 32.6 Å². The Labute approximate surface area is 288 Å². The number of hydrogen-bond acceptors (Lipinski definition) is 10. The highest BCUT2D eigenvalue weighted by Crippen LogP contribution is 2.47. The zero-order valence-corrected chi connectivity index (χ0v) is 30.0. The van der Waals surface area contributed by atoms with Crippen LogP contribution >= 0.6 is 0 Å². The van der Waals surface area contributed by atoms with E-state index >= 15 is 0 Å². The van der Waals surface area contributed by atoms with Crippen molar-refractivity contribution in [3.8, 4) is 11.6 Å². The van der Waals surface area contributed by atoms with E-state index in [0.717, 1.165) is 19.3 Å². The summed E-state index contributed by atoms with van der Waals surface area (Å²) >= 11 is 0. The number of fused-ring (bicyclic) bond motifs is 3. The van der Waals surface area contributed by atoms with E-state index in [9.17, 15) is 22.8 Å². The molecule has 0 bridgehead atoms. The number of carbonyl (C=O) groups excluding carboxylic acids is 3. The van der Waals surface area contributed by atoms with Crippen molar-refractivity contribution in [3.05, 3.63) is 30.4 Å². The van der Waals surface area contributed by atoms with Crippen LogP contribution in [0, 0.1) is 17.8 Å². The smallest absolute Gasteiger partial charge is 0.259 e. The molecule has 2 aliphatic carbocycles. The molecule has 2 N–H and O–H groups in total. The van der Waals surface area contributed by atoms with Crippen molar-refractivity contribution in [1.29, 1.82) is 0 Å². The SMILES string of the molecule is COc1ccc2c(O[C@@H]3C[C@H]4C(=O)N[C@]5(C(=O)NS(=O)(=O)C6(C)CC6)C[C@H]5/C=C\CC[C@H](C)C[C@@H](C)CC(=O)N4C3)nc(N(C)C)nc2c1. The molecule has 6 rings (SSSR count). The van der Waals surface area contributed by atoms with Crippen LogP contribution < -0.4 is 24.4 Å². The molecule has 0 spiro atoms. The van der Waals surface area contributed by atoms with E-state index in [1.807, 2.05) is 32.3 Å². The van der Waals surface area contributed by atoms with Crippen LogP contribution in [-0.2, 0) is 24.4 Å². The van der Waals surface area contributed by atoms with Gasteiger partial charge >= 0.3 is 0 Å². The Hall–Kier alpha value is -3.94. The third-order valence-electron chi connectivity index (χ3n) is 10.5. The number of benzene rings is 1. The number of amides is 3. The van der Waals surface area contributed by atoms with Gasteiger partial charge in [-0.2, -0.15) is 4.98 Å². The number of hydrogen-bond donors (Lipinski definition) is 2. The van der Waals surface area contributed by atoms with Crippen LogP contribution in [0.3, 0.4) is 0 Å². The van der Waals surface area contributed by atoms with Crippen molar-refractivity contribution < 1.29 is 32.3 Å². The van der Waals surface area contributed by atoms with Crippen LogP contribution in [0.2, 0.25) is 0 Å². The molecule has 2 aromatic rings. The van der Waals surface area contributed by atoms with Gasteiger partial charge in [-0.1, -0.05) is 26.0 Å². The average Bonchev–Trinajstić information content (AvgIpc) is 3.92. The van der Waals surface area contributed by atoms with Gasteiger partial charge in [0.05, 0.1) is 29.3 Å². The standard InChI is InChI=1S/C35H48N6O7S/c1-21-9-7-8-10-23-19-35(23,32(44)39-49(45,46)34(3)13-14-34)38-30(43)28-18-25(20-41(28)29(42)16-22(2)15-21)48-31-26-12-11-24(47-6)17-27(26)36-33(37-31)40(4)5/h8,10-12,17,21-23,25,28H,7,9,13-16,18-20H2,1-6H3,(H,38,43)(H,39,44)/b10-8-/t21-,22+,23+,25+,28-,35+/m0/s1. The fraction of sp³-hybridized carbons (Fsp3) is 0.629. The first-order valence-corrected chi connectivity index (χ1v) is 18.7. The van der Waals surface area contributed by atoms with E-state index in [1.54, 1.807) is 36.0 Å². The van der Waals surface area contributed by atoms with Crippen molar-refractivity contribution in [1.82, 2.24) is 24.9 Å². The molecule has 4 aliphatic rings. The van der Waals surface area contributed by atoms with Gasteiger partial charge in [-0.15, -0.1) is 0 Å². The van der Waals surface area contributed by atoms with Crippen molar-refractivity contribution in [2.24, 2.45) is 17.8 Å². The fourth-order valence-corrected chi connectivity index (χ4v) is 8.37. The van der Waals surface area contributed by atoms with E-state index < -0.39 is 44.3 Å². The van der Waals surface area contributed by atoms with Gasteiger partial charge in [0.15, 0.2) is 0 Å². The zero-order chi connectivity index (χ0) is 35.3. The second-order valence-electron chi connectivity index (χ2n) is 15.0. The first-order chi connectivity index (χ1) is 23.1. The second-order valence-corrected chi connectivity index (χ2v) is 17.2. The lowest BCUT2D eigenvalue weighted by atomic mass is 9.91. The highest BCUT2D eigenvalue weighted by Gasteiger charge is 2.63. The van der Waals surface area contributed by atoms with Crippen molar-refractivity contribution >= 4 is 44.6 Å². The Balaban J connectivity index is 1.30. The summed E-state index contributed by atoms with van der Waals surface area (Å²) in [6, 6.07) is 4.47. The van der Waals surface area contributed by atoms with Gasteiger partial charge in [0.25, 0.3) is 5.91 Å². The molecule has 0 radical (unpaired) electrons. The Morgan fingerprint density at radius 2 is 1.88 bits per heavy atom. The van der Waals surface area contributed by atoms with E-state index in [1.165, 1.54) is 0 Å².